The van der Waals surface area contributed by atoms with Gasteiger partial charge in [0.1, 0.15) is 5.76 Å². The minimum Gasteiger partial charge on any atom is -0.481 e. The van der Waals surface area contributed by atoms with Gasteiger partial charge < -0.3 is 9.52 Å². The van der Waals surface area contributed by atoms with Crippen molar-refractivity contribution in [1.82, 2.24) is 4.98 Å². The molecule has 1 N–H and O–H groups in total. The Labute approximate surface area is 76.6 Å². The Kier molecular flexibility index (Phi) is 2.70. The predicted octanol–water partition coefficient (Wildman–Crippen LogP) is 1.73. The minimum absolute atomic E-state index is 0.0674. The number of nitrogens with zero attached hydrogens (tertiary/aromatic N) is 1. The van der Waals surface area contributed by atoms with Gasteiger partial charge in [-0.15, -0.1) is 0 Å². The van der Waals surface area contributed by atoms with Crippen molar-refractivity contribution in [3.05, 3.63) is 17.3 Å². The van der Waals surface area contributed by atoms with Gasteiger partial charge in [-0.05, 0) is 6.92 Å². The topological polar surface area (TPSA) is 63.3 Å². The van der Waals surface area contributed by atoms with Crippen molar-refractivity contribution in [2.24, 2.45) is 0 Å². The summed E-state index contributed by atoms with van der Waals surface area (Å²) in [4.78, 5) is 14.5. The Morgan fingerprint density at radius 3 is 2.62 bits per heavy atom. The second-order valence-electron chi connectivity index (χ2n) is 3.28. The smallest absolute Gasteiger partial charge is 0.309 e. The average molecular weight is 183 g/mol. The molecule has 0 aliphatic heterocycles. The Bertz CT molecular complexity index is 315. The average Bonchev–Trinajstić information content (AvgIpc) is 2.31. The quantitative estimate of drug-likeness (QED) is 0.775. The number of oxazole rings is 1. The maximum atomic E-state index is 10.4. The maximum absolute atomic E-state index is 10.4. The third kappa shape index (κ3) is 2.31. The zero-order valence-electron chi connectivity index (χ0n) is 8.00. The van der Waals surface area contributed by atoms with Gasteiger partial charge in [-0.2, -0.15) is 0 Å². The highest BCUT2D eigenvalue weighted by Crippen LogP contribution is 2.17. The molecule has 0 bridgehead atoms. The van der Waals surface area contributed by atoms with Crippen LogP contribution in [0.1, 0.15) is 37.1 Å². The van der Waals surface area contributed by atoms with E-state index in [2.05, 4.69) is 4.98 Å². The Hall–Kier alpha value is -1.32. The van der Waals surface area contributed by atoms with Crippen molar-refractivity contribution >= 4 is 5.97 Å². The van der Waals surface area contributed by atoms with E-state index in [1.54, 1.807) is 6.92 Å². The Morgan fingerprint density at radius 1 is 1.62 bits per heavy atom. The van der Waals surface area contributed by atoms with Gasteiger partial charge in [0.25, 0.3) is 0 Å². The van der Waals surface area contributed by atoms with E-state index in [1.807, 2.05) is 13.8 Å². The summed E-state index contributed by atoms with van der Waals surface area (Å²) in [6.07, 6.45) is -0.0674. The fourth-order valence-corrected chi connectivity index (χ4v) is 1.00. The highest BCUT2D eigenvalue weighted by molar-refractivity contribution is 5.69. The molecule has 0 spiro atoms. The summed E-state index contributed by atoms with van der Waals surface area (Å²) >= 11 is 0. The first-order chi connectivity index (χ1) is 6.00. The van der Waals surface area contributed by atoms with Crippen molar-refractivity contribution in [2.75, 3.05) is 0 Å². The first kappa shape index (κ1) is 9.77. The number of aliphatic carboxylic acids is 1. The molecule has 1 rings (SSSR count). The number of carbonyl (C=O) groups is 1. The van der Waals surface area contributed by atoms with Crippen LogP contribution in [0.2, 0.25) is 0 Å². The number of aryl methyl sites for hydroxylation is 1. The summed E-state index contributed by atoms with van der Waals surface area (Å²) < 4.78 is 5.30. The van der Waals surface area contributed by atoms with Gasteiger partial charge in [0.15, 0.2) is 5.89 Å². The lowest BCUT2D eigenvalue weighted by molar-refractivity contribution is -0.136. The molecule has 0 amide bonds. The third-order valence-electron chi connectivity index (χ3n) is 1.72. The first-order valence-electron chi connectivity index (χ1n) is 4.18. The van der Waals surface area contributed by atoms with E-state index in [0.717, 1.165) is 0 Å². The van der Waals surface area contributed by atoms with Gasteiger partial charge in [0.05, 0.1) is 12.1 Å². The molecule has 13 heavy (non-hydrogen) atoms. The first-order valence-corrected chi connectivity index (χ1v) is 4.18. The van der Waals surface area contributed by atoms with Crippen LogP contribution in [0.5, 0.6) is 0 Å². The highest BCUT2D eigenvalue weighted by atomic mass is 16.4. The summed E-state index contributed by atoms with van der Waals surface area (Å²) in [6.45, 7) is 5.64. The monoisotopic (exact) mass is 183 g/mol. The van der Waals surface area contributed by atoms with E-state index in [9.17, 15) is 4.79 Å². The van der Waals surface area contributed by atoms with Crippen LogP contribution >= 0.6 is 0 Å². The van der Waals surface area contributed by atoms with E-state index in [4.69, 9.17) is 9.52 Å². The largest absolute Gasteiger partial charge is 0.481 e. The van der Waals surface area contributed by atoms with E-state index in [1.165, 1.54) is 0 Å². The number of aromatic nitrogens is 1. The fourth-order valence-electron chi connectivity index (χ4n) is 1.00. The summed E-state index contributed by atoms with van der Waals surface area (Å²) in [5.74, 6) is 0.521. The maximum Gasteiger partial charge on any atom is 0.309 e. The molecule has 4 nitrogen and oxygen atoms in total. The van der Waals surface area contributed by atoms with Crippen LogP contribution in [0.3, 0.4) is 0 Å². The number of hydrogen-bond donors (Lipinski definition) is 1. The molecule has 0 fully saturated rings. The SMILES string of the molecule is Cc1oc(C(C)C)nc1CC(=O)O. The molecule has 1 aromatic heterocycles. The third-order valence-corrected chi connectivity index (χ3v) is 1.72. The van der Waals surface area contributed by atoms with Crippen LogP contribution in [0.15, 0.2) is 4.42 Å². The van der Waals surface area contributed by atoms with Crippen LogP contribution in [0.4, 0.5) is 0 Å². The second-order valence-corrected chi connectivity index (χ2v) is 3.28. The van der Waals surface area contributed by atoms with Gasteiger partial charge in [-0.3, -0.25) is 4.79 Å². The van der Waals surface area contributed by atoms with Crippen molar-refractivity contribution in [2.45, 2.75) is 33.1 Å². The van der Waals surface area contributed by atoms with Crippen LogP contribution in [0.25, 0.3) is 0 Å². The highest BCUT2D eigenvalue weighted by Gasteiger charge is 2.14. The second kappa shape index (κ2) is 3.60. The molecule has 72 valence electrons. The van der Waals surface area contributed by atoms with Crippen LogP contribution < -0.4 is 0 Å². The molecule has 0 atom stereocenters. The van der Waals surface area contributed by atoms with Crippen molar-refractivity contribution < 1.29 is 14.3 Å². The van der Waals surface area contributed by atoms with Gasteiger partial charge >= 0.3 is 5.97 Å². The Morgan fingerprint density at radius 2 is 2.23 bits per heavy atom. The van der Waals surface area contributed by atoms with Gasteiger partial charge in [-0.1, -0.05) is 13.8 Å². The molecule has 0 aromatic carbocycles. The van der Waals surface area contributed by atoms with Crippen LogP contribution in [0, 0.1) is 6.92 Å². The van der Waals surface area contributed by atoms with Gasteiger partial charge in [0.2, 0.25) is 0 Å². The summed E-state index contributed by atoms with van der Waals surface area (Å²) in [6, 6.07) is 0. The predicted molar refractivity (Wildman–Crippen MR) is 46.7 cm³/mol. The molecule has 1 aromatic rings. The van der Waals surface area contributed by atoms with Crippen molar-refractivity contribution in [3.8, 4) is 0 Å². The summed E-state index contributed by atoms with van der Waals surface area (Å²) in [5.41, 5.74) is 0.524. The van der Waals surface area contributed by atoms with E-state index in [-0.39, 0.29) is 12.3 Å². The molecule has 0 saturated carbocycles. The lowest BCUT2D eigenvalue weighted by Gasteiger charge is -1.94. The molecular formula is C9H13NO3. The molecule has 0 aliphatic carbocycles. The Balaban J connectivity index is 2.89. The normalized spacial score (nSPS) is 10.8. The lowest BCUT2D eigenvalue weighted by Crippen LogP contribution is -2.01. The minimum atomic E-state index is -0.883. The van der Waals surface area contributed by atoms with Crippen molar-refractivity contribution in [1.29, 1.82) is 0 Å². The standard InChI is InChI=1S/C9H13NO3/c1-5(2)9-10-7(4-8(11)12)6(3)13-9/h5H,4H2,1-3H3,(H,11,12). The number of rotatable bonds is 3. The zero-order chi connectivity index (χ0) is 10.0. The zero-order valence-corrected chi connectivity index (χ0v) is 8.00. The van der Waals surface area contributed by atoms with E-state index in [0.29, 0.717) is 17.3 Å². The molecule has 1 heterocycles. The number of carboxylic acids is 1. The molecule has 0 saturated heterocycles. The van der Waals surface area contributed by atoms with Crippen LogP contribution in [-0.4, -0.2) is 16.1 Å². The van der Waals surface area contributed by atoms with Crippen molar-refractivity contribution in [3.63, 3.8) is 0 Å². The van der Waals surface area contributed by atoms with E-state index < -0.39 is 5.97 Å². The number of hydrogen-bond acceptors (Lipinski definition) is 3. The molecule has 0 unspecified atom stereocenters. The van der Waals surface area contributed by atoms with Gasteiger partial charge in [0, 0.05) is 5.92 Å². The van der Waals surface area contributed by atoms with Gasteiger partial charge in [-0.25, -0.2) is 4.98 Å². The van der Waals surface area contributed by atoms with Crippen LogP contribution in [-0.2, 0) is 11.2 Å². The summed E-state index contributed by atoms with van der Waals surface area (Å²) in [7, 11) is 0. The summed E-state index contributed by atoms with van der Waals surface area (Å²) in [5, 5.41) is 8.56. The molecule has 0 radical (unpaired) electrons. The molecule has 4 heteroatoms. The molecule has 0 aliphatic rings. The lowest BCUT2D eigenvalue weighted by atomic mass is 10.2. The van der Waals surface area contributed by atoms with E-state index >= 15 is 0 Å². The number of carboxylic acid groups (broad SMARTS) is 1. The fraction of sp³-hybridized carbons (Fsp3) is 0.556. The molecular weight excluding hydrogens is 170 g/mol.